The third-order valence-corrected chi connectivity index (χ3v) is 6.45. The number of nitrogens with one attached hydrogen (secondary N) is 1. The van der Waals surface area contributed by atoms with E-state index in [0.717, 1.165) is 10.4 Å². The van der Waals surface area contributed by atoms with Crippen molar-refractivity contribution in [1.29, 1.82) is 0 Å². The third-order valence-electron chi connectivity index (χ3n) is 5.38. The quantitative estimate of drug-likeness (QED) is 0.746. The number of amides is 2. The van der Waals surface area contributed by atoms with Gasteiger partial charge in [-0.3, -0.25) is 9.59 Å². The molecule has 0 spiro atoms. The molecule has 3 rings (SSSR count). The van der Waals surface area contributed by atoms with E-state index in [9.17, 15) is 19.5 Å². The number of carbonyl (C=O) groups excluding carboxylic acids is 3. The molecule has 0 saturated carbocycles. The van der Waals surface area contributed by atoms with Crippen molar-refractivity contribution in [3.63, 3.8) is 0 Å². The lowest BCUT2D eigenvalue weighted by atomic mass is 9.82. The number of aliphatic carboxylic acids is 1. The van der Waals surface area contributed by atoms with Crippen LogP contribution in [-0.4, -0.2) is 49.0 Å². The Balaban J connectivity index is 1.87. The van der Waals surface area contributed by atoms with Gasteiger partial charge in [0.1, 0.15) is 5.00 Å². The van der Waals surface area contributed by atoms with Gasteiger partial charge in [-0.15, -0.1) is 11.3 Å². The molecule has 1 fully saturated rings. The molecule has 0 bridgehead atoms. The molecule has 1 N–H and O–H groups in total. The first-order valence-corrected chi connectivity index (χ1v) is 10.4. The second kappa shape index (κ2) is 8.87. The Hall–Kier alpha value is -2.19. The van der Waals surface area contributed by atoms with Gasteiger partial charge in [-0.25, -0.2) is 0 Å². The molecule has 2 heterocycles. The zero-order chi connectivity index (χ0) is 20.3. The van der Waals surface area contributed by atoms with E-state index in [4.69, 9.17) is 4.74 Å². The molecule has 2 aliphatic rings. The van der Waals surface area contributed by atoms with E-state index in [1.165, 1.54) is 11.3 Å². The Morgan fingerprint density at radius 1 is 1.21 bits per heavy atom. The number of ether oxygens (including phenoxy) is 1. The second-order valence-electron chi connectivity index (χ2n) is 7.06. The molecule has 1 aromatic rings. The normalized spacial score (nSPS) is 22.1. The van der Waals surface area contributed by atoms with Crippen LogP contribution < -0.4 is 10.4 Å². The number of rotatable bonds is 5. The molecule has 152 valence electrons. The SMILES string of the molecule is CCc1c(C)sc(NC(=O)[C@@H]2CC=CC[C@@H]2C(=O)[O-])c1C(=O)N1CCOCC1. The summed E-state index contributed by atoms with van der Waals surface area (Å²) in [6.45, 7) is 5.95. The lowest BCUT2D eigenvalue weighted by Gasteiger charge is -2.29. The molecule has 1 aliphatic carbocycles. The number of carboxylic acids is 1. The van der Waals surface area contributed by atoms with Crippen LogP contribution in [0.4, 0.5) is 5.00 Å². The lowest BCUT2D eigenvalue weighted by molar-refractivity contribution is -0.313. The number of anilines is 1. The second-order valence-corrected chi connectivity index (χ2v) is 8.29. The van der Waals surface area contributed by atoms with Crippen molar-refractivity contribution in [1.82, 2.24) is 4.90 Å². The van der Waals surface area contributed by atoms with Crippen molar-refractivity contribution in [2.24, 2.45) is 11.8 Å². The summed E-state index contributed by atoms with van der Waals surface area (Å²) in [5, 5.41) is 14.8. The molecule has 0 aromatic carbocycles. The van der Waals surface area contributed by atoms with Crippen LogP contribution in [0.15, 0.2) is 12.2 Å². The molecule has 2 amide bonds. The third kappa shape index (κ3) is 4.12. The standard InChI is InChI=1S/C20H26N2O5S/c1-3-13-12(2)28-18(16(13)19(24)22-8-10-27-11-9-22)21-17(23)14-6-4-5-7-15(14)20(25)26/h4-5,14-15H,3,6-11H2,1-2H3,(H,21,23)(H,25,26)/p-1/t14-,15+/m1/s1. The first kappa shape index (κ1) is 20.5. The van der Waals surface area contributed by atoms with E-state index < -0.39 is 17.8 Å². The largest absolute Gasteiger partial charge is 0.550 e. The lowest BCUT2D eigenvalue weighted by Crippen LogP contribution is -2.42. The van der Waals surface area contributed by atoms with Crippen LogP contribution in [0.3, 0.4) is 0 Å². The zero-order valence-electron chi connectivity index (χ0n) is 16.2. The van der Waals surface area contributed by atoms with Crippen molar-refractivity contribution < 1.29 is 24.2 Å². The average molecular weight is 405 g/mol. The summed E-state index contributed by atoms with van der Waals surface area (Å²) in [6, 6.07) is 0. The predicted molar refractivity (Wildman–Crippen MR) is 104 cm³/mol. The van der Waals surface area contributed by atoms with Crippen LogP contribution >= 0.6 is 11.3 Å². The van der Waals surface area contributed by atoms with Crippen molar-refractivity contribution in [3.8, 4) is 0 Å². The van der Waals surface area contributed by atoms with Crippen molar-refractivity contribution in [3.05, 3.63) is 28.2 Å². The summed E-state index contributed by atoms with van der Waals surface area (Å²) in [4.78, 5) is 40.2. The van der Waals surface area contributed by atoms with Gasteiger partial charge in [-0.1, -0.05) is 19.1 Å². The molecular weight excluding hydrogens is 380 g/mol. The maximum absolute atomic E-state index is 13.2. The highest BCUT2D eigenvalue weighted by atomic mass is 32.1. The van der Waals surface area contributed by atoms with Crippen LogP contribution in [0.1, 0.15) is 40.6 Å². The van der Waals surface area contributed by atoms with E-state index in [0.29, 0.717) is 49.7 Å². The van der Waals surface area contributed by atoms with E-state index in [1.807, 2.05) is 19.9 Å². The molecule has 8 heteroatoms. The highest BCUT2D eigenvalue weighted by molar-refractivity contribution is 7.16. The Morgan fingerprint density at radius 3 is 2.46 bits per heavy atom. The van der Waals surface area contributed by atoms with Crippen LogP contribution in [0.2, 0.25) is 0 Å². The van der Waals surface area contributed by atoms with Gasteiger partial charge in [0.05, 0.1) is 24.7 Å². The van der Waals surface area contributed by atoms with Crippen LogP contribution in [-0.2, 0) is 20.7 Å². The molecular formula is C20H25N2O5S-. The van der Waals surface area contributed by atoms with Crippen LogP contribution in [0, 0.1) is 18.8 Å². The summed E-state index contributed by atoms with van der Waals surface area (Å²) in [5.41, 5.74) is 1.45. The highest BCUT2D eigenvalue weighted by Crippen LogP contribution is 2.36. The van der Waals surface area contributed by atoms with Gasteiger partial charge in [-0.2, -0.15) is 0 Å². The number of hydrogen-bond acceptors (Lipinski definition) is 6. The monoisotopic (exact) mass is 405 g/mol. The minimum Gasteiger partial charge on any atom is -0.550 e. The maximum atomic E-state index is 13.2. The van der Waals surface area contributed by atoms with Gasteiger partial charge in [0.25, 0.3) is 5.91 Å². The molecule has 1 saturated heterocycles. The number of carbonyl (C=O) groups is 3. The van der Waals surface area contributed by atoms with Gasteiger partial charge in [0, 0.05) is 29.9 Å². The van der Waals surface area contributed by atoms with Gasteiger partial charge < -0.3 is 24.9 Å². The zero-order valence-corrected chi connectivity index (χ0v) is 17.0. The highest BCUT2D eigenvalue weighted by Gasteiger charge is 2.32. The van der Waals surface area contributed by atoms with Gasteiger partial charge in [0.2, 0.25) is 5.91 Å². The van der Waals surface area contributed by atoms with Gasteiger partial charge in [0.15, 0.2) is 0 Å². The van der Waals surface area contributed by atoms with Crippen LogP contribution in [0.25, 0.3) is 0 Å². The predicted octanol–water partition coefficient (Wildman–Crippen LogP) is 1.36. The fourth-order valence-electron chi connectivity index (χ4n) is 3.81. The fraction of sp³-hybridized carbons (Fsp3) is 0.550. The molecule has 1 aliphatic heterocycles. The van der Waals surface area contributed by atoms with Crippen LogP contribution in [0.5, 0.6) is 0 Å². The van der Waals surface area contributed by atoms with E-state index in [2.05, 4.69) is 5.32 Å². The molecule has 0 radical (unpaired) electrons. The van der Waals surface area contributed by atoms with Gasteiger partial charge >= 0.3 is 0 Å². The van der Waals surface area contributed by atoms with E-state index >= 15 is 0 Å². The minimum absolute atomic E-state index is 0.111. The molecule has 1 aromatic heterocycles. The Kier molecular flexibility index (Phi) is 6.51. The molecule has 7 nitrogen and oxygen atoms in total. The van der Waals surface area contributed by atoms with Gasteiger partial charge in [-0.05, 0) is 31.7 Å². The molecule has 28 heavy (non-hydrogen) atoms. The average Bonchev–Trinajstić information content (AvgIpc) is 3.02. The fourth-order valence-corrected chi connectivity index (χ4v) is 4.95. The molecule has 2 atom stereocenters. The number of thiophene rings is 1. The number of allylic oxidation sites excluding steroid dienone is 2. The topological polar surface area (TPSA) is 98.8 Å². The Morgan fingerprint density at radius 2 is 1.86 bits per heavy atom. The first-order valence-electron chi connectivity index (χ1n) is 9.60. The summed E-state index contributed by atoms with van der Waals surface area (Å²) in [6.07, 6.45) is 4.89. The first-order chi connectivity index (χ1) is 13.4. The summed E-state index contributed by atoms with van der Waals surface area (Å²) in [7, 11) is 0. The number of morpholine rings is 1. The smallest absolute Gasteiger partial charge is 0.257 e. The summed E-state index contributed by atoms with van der Waals surface area (Å²) >= 11 is 1.37. The number of hydrogen-bond donors (Lipinski definition) is 1. The summed E-state index contributed by atoms with van der Waals surface area (Å²) in [5.74, 6) is -3.26. The number of aryl methyl sites for hydroxylation is 1. The van der Waals surface area contributed by atoms with E-state index in [1.54, 1.807) is 11.0 Å². The van der Waals surface area contributed by atoms with Crippen molar-refractivity contribution in [2.75, 3.05) is 31.6 Å². The van der Waals surface area contributed by atoms with Crippen molar-refractivity contribution >= 4 is 34.1 Å². The Labute approximate surface area is 168 Å². The number of carboxylic acid groups (broad SMARTS) is 1. The molecule has 0 unspecified atom stereocenters. The maximum Gasteiger partial charge on any atom is 0.257 e. The van der Waals surface area contributed by atoms with Crippen molar-refractivity contribution in [2.45, 2.75) is 33.1 Å². The minimum atomic E-state index is -1.22. The van der Waals surface area contributed by atoms with E-state index in [-0.39, 0.29) is 18.2 Å². The summed E-state index contributed by atoms with van der Waals surface area (Å²) < 4.78 is 5.33. The Bertz CT molecular complexity index is 795. The number of nitrogens with zero attached hydrogens (tertiary/aromatic N) is 1.